The van der Waals surface area contributed by atoms with E-state index >= 15 is 0 Å². The number of nitrogens with zero attached hydrogens (tertiary/aromatic N) is 1. The molecule has 7 heteroatoms. The molecule has 2 aromatic carbocycles. The third-order valence-electron chi connectivity index (χ3n) is 3.44. The van der Waals surface area contributed by atoms with Crippen molar-refractivity contribution in [2.45, 2.75) is 6.61 Å². The van der Waals surface area contributed by atoms with Gasteiger partial charge in [-0.25, -0.2) is 4.98 Å². The summed E-state index contributed by atoms with van der Waals surface area (Å²) in [6, 6.07) is 16.6. The summed E-state index contributed by atoms with van der Waals surface area (Å²) in [6.07, 6.45) is 0. The Kier molecular flexibility index (Phi) is 5.99. The average molecular weight is 387 g/mol. The van der Waals surface area contributed by atoms with E-state index in [4.69, 9.17) is 16.3 Å². The molecular formula is C19H15ClN2O3S. The van der Waals surface area contributed by atoms with Crippen molar-refractivity contribution >= 4 is 34.8 Å². The minimum atomic E-state index is -0.507. The van der Waals surface area contributed by atoms with E-state index in [9.17, 15) is 9.59 Å². The minimum Gasteiger partial charge on any atom is -0.460 e. The molecule has 0 atom stereocenters. The Labute approximate surface area is 159 Å². The third kappa shape index (κ3) is 4.91. The maximum atomic E-state index is 12.1. The number of benzene rings is 2. The van der Waals surface area contributed by atoms with Crippen LogP contribution >= 0.6 is 22.9 Å². The molecule has 0 saturated heterocycles. The van der Waals surface area contributed by atoms with E-state index in [1.807, 2.05) is 42.5 Å². The number of carbonyl (C=O) groups excluding carboxylic acids is 2. The van der Waals surface area contributed by atoms with Gasteiger partial charge in [0.15, 0.2) is 0 Å². The lowest BCUT2D eigenvalue weighted by Gasteiger charge is -2.05. The highest BCUT2D eigenvalue weighted by Gasteiger charge is 2.13. The zero-order chi connectivity index (χ0) is 18.4. The van der Waals surface area contributed by atoms with Gasteiger partial charge in [-0.15, -0.1) is 11.3 Å². The first-order chi connectivity index (χ1) is 12.6. The first-order valence-corrected chi connectivity index (χ1v) is 9.07. The van der Waals surface area contributed by atoms with Crippen molar-refractivity contribution in [1.82, 2.24) is 10.3 Å². The summed E-state index contributed by atoms with van der Waals surface area (Å²) < 4.78 is 5.12. The van der Waals surface area contributed by atoms with Crippen LogP contribution in [0.3, 0.4) is 0 Å². The predicted octanol–water partition coefficient (Wildman–Crippen LogP) is 3.94. The molecule has 0 aliphatic rings. The number of carbonyl (C=O) groups is 2. The average Bonchev–Trinajstić information content (AvgIpc) is 3.15. The fourth-order valence-corrected chi connectivity index (χ4v) is 3.15. The van der Waals surface area contributed by atoms with Gasteiger partial charge in [-0.2, -0.15) is 0 Å². The topological polar surface area (TPSA) is 68.3 Å². The second kappa shape index (κ2) is 8.60. The van der Waals surface area contributed by atoms with Gasteiger partial charge in [0.2, 0.25) is 0 Å². The van der Waals surface area contributed by atoms with Crippen molar-refractivity contribution in [3.05, 3.63) is 76.3 Å². The van der Waals surface area contributed by atoms with E-state index in [0.29, 0.717) is 10.0 Å². The molecule has 0 spiro atoms. The summed E-state index contributed by atoms with van der Waals surface area (Å²) in [7, 11) is 0. The van der Waals surface area contributed by atoms with E-state index in [0.717, 1.165) is 11.1 Å². The Balaban J connectivity index is 1.51. The number of ether oxygens (including phenoxy) is 1. The third-order valence-corrected chi connectivity index (χ3v) is 4.57. The van der Waals surface area contributed by atoms with Gasteiger partial charge in [-0.3, -0.25) is 9.59 Å². The van der Waals surface area contributed by atoms with Crippen molar-refractivity contribution in [3.63, 3.8) is 0 Å². The van der Waals surface area contributed by atoms with Crippen LogP contribution < -0.4 is 5.32 Å². The predicted molar refractivity (Wildman–Crippen MR) is 101 cm³/mol. The van der Waals surface area contributed by atoms with E-state index < -0.39 is 11.9 Å². The zero-order valence-corrected chi connectivity index (χ0v) is 15.2. The lowest BCUT2D eigenvalue weighted by Crippen LogP contribution is -2.30. The van der Waals surface area contributed by atoms with Crippen LogP contribution in [0.2, 0.25) is 5.02 Å². The summed E-state index contributed by atoms with van der Waals surface area (Å²) in [5, 5.41) is 5.44. The minimum absolute atomic E-state index is 0.172. The van der Waals surface area contributed by atoms with Crippen LogP contribution in [0, 0.1) is 0 Å². The second-order valence-corrected chi connectivity index (χ2v) is 6.67. The molecule has 0 fully saturated rings. The molecule has 3 aromatic rings. The SMILES string of the molecule is O=C(CNC(=O)c1csc(-c2cccc(Cl)c2)n1)OCc1ccccc1. The van der Waals surface area contributed by atoms with Crippen LogP contribution in [0.4, 0.5) is 0 Å². The molecule has 1 N–H and O–H groups in total. The molecule has 3 rings (SSSR count). The number of aromatic nitrogens is 1. The first kappa shape index (κ1) is 18.1. The van der Waals surface area contributed by atoms with Crippen LogP contribution in [0.25, 0.3) is 10.6 Å². The monoisotopic (exact) mass is 386 g/mol. The molecule has 0 unspecified atom stereocenters. The van der Waals surface area contributed by atoms with Gasteiger partial charge in [0.25, 0.3) is 5.91 Å². The van der Waals surface area contributed by atoms with E-state index in [1.54, 1.807) is 17.5 Å². The molecule has 1 aromatic heterocycles. The van der Waals surface area contributed by atoms with E-state index in [1.165, 1.54) is 11.3 Å². The number of halogens is 1. The Morgan fingerprint density at radius 1 is 1.12 bits per heavy atom. The van der Waals surface area contributed by atoms with E-state index in [-0.39, 0.29) is 18.8 Å². The Bertz CT molecular complexity index is 912. The lowest BCUT2D eigenvalue weighted by molar-refractivity contribution is -0.143. The number of thiazole rings is 1. The molecule has 0 radical (unpaired) electrons. The summed E-state index contributed by atoms with van der Waals surface area (Å²) >= 11 is 7.30. The largest absolute Gasteiger partial charge is 0.460 e. The van der Waals surface area contributed by atoms with Crippen LogP contribution in [0.1, 0.15) is 16.1 Å². The van der Waals surface area contributed by atoms with Crippen molar-refractivity contribution in [2.75, 3.05) is 6.54 Å². The highest BCUT2D eigenvalue weighted by atomic mass is 35.5. The molecule has 26 heavy (non-hydrogen) atoms. The summed E-state index contributed by atoms with van der Waals surface area (Å²) in [4.78, 5) is 28.2. The number of nitrogens with one attached hydrogen (secondary N) is 1. The maximum absolute atomic E-state index is 12.1. The van der Waals surface area contributed by atoms with Crippen molar-refractivity contribution in [2.24, 2.45) is 0 Å². The maximum Gasteiger partial charge on any atom is 0.325 e. The van der Waals surface area contributed by atoms with Gasteiger partial charge in [-0.1, -0.05) is 54.1 Å². The number of hydrogen-bond donors (Lipinski definition) is 1. The quantitative estimate of drug-likeness (QED) is 0.651. The van der Waals surface area contributed by atoms with Crippen LogP contribution in [0.15, 0.2) is 60.0 Å². The molecular weight excluding hydrogens is 372 g/mol. The Morgan fingerprint density at radius 3 is 2.69 bits per heavy atom. The van der Waals surface area contributed by atoms with E-state index in [2.05, 4.69) is 10.3 Å². The molecule has 1 amide bonds. The van der Waals surface area contributed by atoms with Crippen LogP contribution in [-0.4, -0.2) is 23.4 Å². The highest BCUT2D eigenvalue weighted by molar-refractivity contribution is 7.13. The molecule has 5 nitrogen and oxygen atoms in total. The smallest absolute Gasteiger partial charge is 0.325 e. The Hall–Kier alpha value is -2.70. The highest BCUT2D eigenvalue weighted by Crippen LogP contribution is 2.25. The van der Waals surface area contributed by atoms with Crippen molar-refractivity contribution in [3.8, 4) is 10.6 Å². The summed E-state index contributed by atoms with van der Waals surface area (Å²) in [5.74, 6) is -0.932. The molecule has 1 heterocycles. The van der Waals surface area contributed by atoms with Gasteiger partial charge >= 0.3 is 5.97 Å². The lowest BCUT2D eigenvalue weighted by atomic mass is 10.2. The molecule has 0 saturated carbocycles. The summed E-state index contributed by atoms with van der Waals surface area (Å²) in [5.41, 5.74) is 1.97. The number of amides is 1. The van der Waals surface area contributed by atoms with Crippen molar-refractivity contribution in [1.29, 1.82) is 0 Å². The van der Waals surface area contributed by atoms with Gasteiger partial charge in [0, 0.05) is 16.0 Å². The normalized spacial score (nSPS) is 10.3. The first-order valence-electron chi connectivity index (χ1n) is 7.81. The number of rotatable bonds is 6. The van der Waals surface area contributed by atoms with Crippen LogP contribution in [0.5, 0.6) is 0 Å². The van der Waals surface area contributed by atoms with Gasteiger partial charge in [0.1, 0.15) is 23.9 Å². The van der Waals surface area contributed by atoms with Crippen LogP contribution in [-0.2, 0) is 16.1 Å². The molecule has 0 bridgehead atoms. The second-order valence-electron chi connectivity index (χ2n) is 5.38. The van der Waals surface area contributed by atoms with Gasteiger partial charge in [-0.05, 0) is 17.7 Å². The molecule has 0 aliphatic heterocycles. The fraction of sp³-hybridized carbons (Fsp3) is 0.105. The van der Waals surface area contributed by atoms with Gasteiger partial charge < -0.3 is 10.1 Å². The summed E-state index contributed by atoms with van der Waals surface area (Å²) in [6.45, 7) is -0.0408. The standard InChI is InChI=1S/C19H15ClN2O3S/c20-15-8-4-7-14(9-15)19-22-16(12-26-19)18(24)21-10-17(23)25-11-13-5-2-1-3-6-13/h1-9,12H,10-11H2,(H,21,24). The zero-order valence-electron chi connectivity index (χ0n) is 13.6. The van der Waals surface area contributed by atoms with Gasteiger partial charge in [0.05, 0.1) is 0 Å². The Morgan fingerprint density at radius 2 is 1.92 bits per heavy atom. The fourth-order valence-electron chi connectivity index (χ4n) is 2.16. The molecule has 132 valence electrons. The number of hydrogen-bond acceptors (Lipinski definition) is 5. The molecule has 0 aliphatic carbocycles. The number of esters is 1. The van der Waals surface area contributed by atoms with Crippen molar-refractivity contribution < 1.29 is 14.3 Å².